The molecule has 0 unspecified atom stereocenters. The number of nitrogens with zero attached hydrogens (tertiary/aromatic N) is 1. The molecule has 0 spiro atoms. The van der Waals surface area contributed by atoms with Crippen molar-refractivity contribution in [1.29, 1.82) is 0 Å². The minimum absolute atomic E-state index is 0.160. The van der Waals surface area contributed by atoms with E-state index < -0.39 is 11.9 Å². The molecule has 0 saturated carbocycles. The monoisotopic (exact) mass is 363 g/mol. The summed E-state index contributed by atoms with van der Waals surface area (Å²) in [6.07, 6.45) is -0.637. The van der Waals surface area contributed by atoms with E-state index in [2.05, 4.69) is 31.2 Å². The zero-order valence-corrected chi connectivity index (χ0v) is 12.9. The van der Waals surface area contributed by atoms with E-state index in [0.717, 1.165) is 5.56 Å². The number of H-pyrrole nitrogens is 1. The largest absolute Gasteiger partial charge is 0.444 e. The fourth-order valence-corrected chi connectivity index (χ4v) is 2.25. The van der Waals surface area contributed by atoms with E-state index in [4.69, 9.17) is 4.74 Å². The number of aromatic amines is 1. The Labute approximate surface area is 133 Å². The number of ether oxygens (including phenoxy) is 1. The van der Waals surface area contributed by atoms with E-state index in [1.165, 1.54) is 12.1 Å². The lowest BCUT2D eigenvalue weighted by atomic mass is 10.2. The molecule has 2 aromatic carbocycles. The molecule has 1 heterocycles. The van der Waals surface area contributed by atoms with E-state index in [1.807, 2.05) is 30.3 Å². The predicted molar refractivity (Wildman–Crippen MR) is 84.0 cm³/mol. The van der Waals surface area contributed by atoms with Crippen molar-refractivity contribution in [3.63, 3.8) is 0 Å². The Kier molecular flexibility index (Phi) is 4.06. The van der Waals surface area contributed by atoms with Crippen LogP contribution in [0.3, 0.4) is 0 Å². The number of benzene rings is 2. The number of nitrogens with one attached hydrogen (secondary N) is 2. The third kappa shape index (κ3) is 3.25. The van der Waals surface area contributed by atoms with Crippen LogP contribution in [0, 0.1) is 5.82 Å². The van der Waals surface area contributed by atoms with Gasteiger partial charge in [0.1, 0.15) is 12.4 Å². The minimum atomic E-state index is -0.637. The van der Waals surface area contributed by atoms with Gasteiger partial charge in [0.2, 0.25) is 5.95 Å². The van der Waals surface area contributed by atoms with Crippen molar-refractivity contribution >= 4 is 39.0 Å². The highest BCUT2D eigenvalue weighted by Crippen LogP contribution is 2.23. The van der Waals surface area contributed by atoms with Gasteiger partial charge in [0.25, 0.3) is 0 Å². The van der Waals surface area contributed by atoms with Crippen LogP contribution in [0.4, 0.5) is 15.1 Å². The Bertz CT molecular complexity index is 781. The second-order valence-corrected chi connectivity index (χ2v) is 5.41. The number of fused-ring (bicyclic) bond motifs is 1. The maximum atomic E-state index is 13.4. The van der Waals surface area contributed by atoms with Crippen LogP contribution in [0.15, 0.2) is 46.9 Å². The van der Waals surface area contributed by atoms with Crippen molar-refractivity contribution in [1.82, 2.24) is 9.97 Å². The lowest BCUT2D eigenvalue weighted by Gasteiger charge is -2.04. The third-order valence-corrected chi connectivity index (χ3v) is 3.56. The zero-order chi connectivity index (χ0) is 15.5. The van der Waals surface area contributed by atoms with Crippen LogP contribution in [0.1, 0.15) is 5.56 Å². The average molecular weight is 364 g/mol. The fraction of sp³-hybridized carbons (Fsp3) is 0.0667. The van der Waals surface area contributed by atoms with Gasteiger partial charge in [-0.25, -0.2) is 14.2 Å². The van der Waals surface area contributed by atoms with Gasteiger partial charge in [-0.1, -0.05) is 30.3 Å². The van der Waals surface area contributed by atoms with E-state index in [9.17, 15) is 9.18 Å². The first-order valence-corrected chi connectivity index (χ1v) is 7.23. The topological polar surface area (TPSA) is 67.0 Å². The molecule has 0 aliphatic heterocycles. The van der Waals surface area contributed by atoms with Crippen molar-refractivity contribution in [2.24, 2.45) is 0 Å². The number of hydrogen-bond acceptors (Lipinski definition) is 3. The van der Waals surface area contributed by atoms with E-state index in [-0.39, 0.29) is 12.6 Å². The number of aromatic nitrogens is 2. The summed E-state index contributed by atoms with van der Waals surface area (Å²) in [5.41, 5.74) is 1.90. The molecule has 1 aromatic heterocycles. The molecule has 0 radical (unpaired) electrons. The molecular formula is C15H11BrFN3O2. The number of hydrogen-bond donors (Lipinski definition) is 2. The molecule has 0 aliphatic carbocycles. The first-order valence-electron chi connectivity index (χ1n) is 6.44. The van der Waals surface area contributed by atoms with E-state index >= 15 is 0 Å². The highest BCUT2D eigenvalue weighted by atomic mass is 79.9. The Balaban J connectivity index is 1.66. The van der Waals surface area contributed by atoms with Gasteiger partial charge in [0, 0.05) is 6.07 Å². The molecule has 5 nitrogen and oxygen atoms in total. The lowest BCUT2D eigenvalue weighted by molar-refractivity contribution is 0.155. The first-order chi connectivity index (χ1) is 10.6. The minimum Gasteiger partial charge on any atom is -0.444 e. The number of imidazole rings is 1. The highest BCUT2D eigenvalue weighted by molar-refractivity contribution is 9.10. The van der Waals surface area contributed by atoms with Gasteiger partial charge in [-0.05, 0) is 27.6 Å². The molecule has 2 N–H and O–H groups in total. The van der Waals surface area contributed by atoms with Gasteiger partial charge in [-0.2, -0.15) is 0 Å². The Hall–Kier alpha value is -2.41. The van der Waals surface area contributed by atoms with Crippen LogP contribution in [-0.4, -0.2) is 16.1 Å². The van der Waals surface area contributed by atoms with E-state index in [1.54, 1.807) is 0 Å². The molecule has 0 aliphatic rings. The van der Waals surface area contributed by atoms with Gasteiger partial charge in [-0.3, -0.25) is 5.32 Å². The second-order valence-electron chi connectivity index (χ2n) is 4.56. The predicted octanol–water partition coefficient (Wildman–Crippen LogP) is 4.21. The van der Waals surface area contributed by atoms with Gasteiger partial charge in [0.15, 0.2) is 0 Å². The van der Waals surface area contributed by atoms with Crippen molar-refractivity contribution in [2.75, 3.05) is 5.32 Å². The highest BCUT2D eigenvalue weighted by Gasteiger charge is 2.10. The standard InChI is InChI=1S/C15H11BrFN3O2/c16-10-6-12-13(7-11(10)17)19-14(18-12)20-15(21)22-8-9-4-2-1-3-5-9/h1-7H,8H2,(H2,18,19,20,21). The smallest absolute Gasteiger partial charge is 0.414 e. The summed E-state index contributed by atoms with van der Waals surface area (Å²) in [6, 6.07) is 12.2. The van der Waals surface area contributed by atoms with Crippen LogP contribution in [0.5, 0.6) is 0 Å². The number of carbonyl (C=O) groups excluding carboxylic acids is 1. The average Bonchev–Trinajstić information content (AvgIpc) is 2.88. The molecule has 7 heteroatoms. The van der Waals surface area contributed by atoms with Crippen molar-refractivity contribution < 1.29 is 13.9 Å². The maximum absolute atomic E-state index is 13.4. The number of anilines is 1. The van der Waals surface area contributed by atoms with Crippen LogP contribution < -0.4 is 5.32 Å². The normalized spacial score (nSPS) is 10.6. The van der Waals surface area contributed by atoms with Gasteiger partial charge < -0.3 is 9.72 Å². The second kappa shape index (κ2) is 6.15. The van der Waals surface area contributed by atoms with Crippen LogP contribution in [-0.2, 0) is 11.3 Å². The number of halogens is 2. The Morgan fingerprint density at radius 1 is 1.32 bits per heavy atom. The quantitative estimate of drug-likeness (QED) is 0.732. The lowest BCUT2D eigenvalue weighted by Crippen LogP contribution is -2.14. The SMILES string of the molecule is O=C(Nc1nc2cc(Br)c(F)cc2[nH]1)OCc1ccccc1. The van der Waals surface area contributed by atoms with Gasteiger partial charge in [-0.15, -0.1) is 0 Å². The molecule has 3 aromatic rings. The van der Waals surface area contributed by atoms with Crippen molar-refractivity contribution in [2.45, 2.75) is 6.61 Å². The zero-order valence-electron chi connectivity index (χ0n) is 11.3. The van der Waals surface area contributed by atoms with Crippen molar-refractivity contribution in [3.8, 4) is 0 Å². The summed E-state index contributed by atoms with van der Waals surface area (Å²) in [6.45, 7) is 0.160. The number of amides is 1. The molecule has 3 rings (SSSR count). The van der Waals surface area contributed by atoms with Crippen molar-refractivity contribution in [3.05, 3.63) is 58.3 Å². The summed E-state index contributed by atoms with van der Waals surface area (Å²) in [4.78, 5) is 18.7. The third-order valence-electron chi connectivity index (χ3n) is 2.96. The Morgan fingerprint density at radius 2 is 2.09 bits per heavy atom. The molecule has 22 heavy (non-hydrogen) atoms. The summed E-state index contributed by atoms with van der Waals surface area (Å²) in [5, 5.41) is 2.47. The number of carbonyl (C=O) groups is 1. The first kappa shape index (κ1) is 14.5. The van der Waals surface area contributed by atoms with Crippen LogP contribution in [0.25, 0.3) is 11.0 Å². The molecule has 112 valence electrons. The maximum Gasteiger partial charge on any atom is 0.414 e. The van der Waals surface area contributed by atoms with Gasteiger partial charge in [0.05, 0.1) is 15.5 Å². The molecule has 0 saturated heterocycles. The van der Waals surface area contributed by atoms with Crippen LogP contribution in [0.2, 0.25) is 0 Å². The molecule has 0 atom stereocenters. The summed E-state index contributed by atoms with van der Waals surface area (Å²) < 4.78 is 18.8. The fourth-order valence-electron chi connectivity index (χ4n) is 1.92. The van der Waals surface area contributed by atoms with E-state index in [0.29, 0.717) is 15.5 Å². The summed E-state index contributed by atoms with van der Waals surface area (Å²) in [7, 11) is 0. The molecule has 1 amide bonds. The van der Waals surface area contributed by atoms with Crippen LogP contribution >= 0.6 is 15.9 Å². The number of rotatable bonds is 3. The molecular weight excluding hydrogens is 353 g/mol. The molecule has 0 bridgehead atoms. The summed E-state index contributed by atoms with van der Waals surface area (Å²) >= 11 is 3.09. The summed E-state index contributed by atoms with van der Waals surface area (Å²) in [5.74, 6) is -0.208. The van der Waals surface area contributed by atoms with Gasteiger partial charge >= 0.3 is 6.09 Å². The molecule has 0 fully saturated rings. The Morgan fingerprint density at radius 3 is 2.86 bits per heavy atom.